The minimum Gasteiger partial charge on any atom is -0.356 e. The van der Waals surface area contributed by atoms with Gasteiger partial charge in [0, 0.05) is 38.3 Å². The highest BCUT2D eigenvalue weighted by Crippen LogP contribution is 2.22. The van der Waals surface area contributed by atoms with Crippen LogP contribution < -0.4 is 10.2 Å². The molecule has 1 aromatic rings. The Labute approximate surface area is 118 Å². The largest absolute Gasteiger partial charge is 0.356 e. The van der Waals surface area contributed by atoms with Gasteiger partial charge in [-0.25, -0.2) is 9.97 Å². The lowest BCUT2D eigenvalue weighted by Gasteiger charge is -2.32. The van der Waals surface area contributed by atoms with Crippen LogP contribution in [0, 0.1) is 12.8 Å². The molecular formula is C13H19ClN4O. The highest BCUT2D eigenvalue weighted by atomic mass is 35.5. The molecule has 0 aromatic carbocycles. The fraction of sp³-hybridized carbons (Fsp3) is 0.615. The highest BCUT2D eigenvalue weighted by Gasteiger charge is 2.20. The molecule has 0 spiro atoms. The molecule has 1 amide bonds. The molecule has 0 saturated carbocycles. The van der Waals surface area contributed by atoms with E-state index in [-0.39, 0.29) is 5.91 Å². The number of carbonyl (C=O) groups excluding carboxylic acids is 1. The van der Waals surface area contributed by atoms with E-state index in [9.17, 15) is 4.79 Å². The zero-order valence-electron chi connectivity index (χ0n) is 11.3. The first-order valence-corrected chi connectivity index (χ1v) is 6.93. The summed E-state index contributed by atoms with van der Waals surface area (Å²) in [5.41, 5.74) is 0.885. The number of anilines is 1. The lowest BCUT2D eigenvalue weighted by molar-refractivity contribution is -0.119. The third kappa shape index (κ3) is 4.06. The molecule has 1 fully saturated rings. The zero-order chi connectivity index (χ0) is 13.8. The molecule has 0 bridgehead atoms. The summed E-state index contributed by atoms with van der Waals surface area (Å²) < 4.78 is 0. The number of rotatable bonds is 3. The van der Waals surface area contributed by atoms with Crippen LogP contribution in [0.4, 0.5) is 5.82 Å². The average Bonchev–Trinajstić information content (AvgIpc) is 2.36. The van der Waals surface area contributed by atoms with Crippen LogP contribution in [-0.2, 0) is 4.79 Å². The topological polar surface area (TPSA) is 58.1 Å². The molecule has 1 aliphatic rings. The fourth-order valence-corrected chi connectivity index (χ4v) is 2.55. The maximum Gasteiger partial charge on any atom is 0.224 e. The van der Waals surface area contributed by atoms with Crippen LogP contribution >= 0.6 is 11.6 Å². The summed E-state index contributed by atoms with van der Waals surface area (Å²) in [7, 11) is 0. The molecule has 2 heterocycles. The molecule has 1 aromatic heterocycles. The van der Waals surface area contributed by atoms with Crippen molar-refractivity contribution in [1.29, 1.82) is 0 Å². The molecule has 5 nitrogen and oxygen atoms in total. The second-order valence-corrected chi connectivity index (χ2v) is 5.34. The van der Waals surface area contributed by atoms with Gasteiger partial charge in [-0.15, -0.1) is 0 Å². The maximum atomic E-state index is 10.9. The SMILES string of the molecule is CC(=O)NCC1CCN(c2cc(C)nc(Cl)n2)CC1. The van der Waals surface area contributed by atoms with Gasteiger partial charge in [-0.2, -0.15) is 0 Å². The predicted molar refractivity (Wildman–Crippen MR) is 75.4 cm³/mol. The van der Waals surface area contributed by atoms with Gasteiger partial charge < -0.3 is 10.2 Å². The van der Waals surface area contributed by atoms with E-state index in [0.717, 1.165) is 44.0 Å². The van der Waals surface area contributed by atoms with E-state index in [2.05, 4.69) is 20.2 Å². The lowest BCUT2D eigenvalue weighted by Crippen LogP contribution is -2.38. The molecule has 1 aliphatic heterocycles. The van der Waals surface area contributed by atoms with E-state index in [1.165, 1.54) is 0 Å². The van der Waals surface area contributed by atoms with Crippen molar-refractivity contribution >= 4 is 23.3 Å². The lowest BCUT2D eigenvalue weighted by atomic mass is 9.97. The smallest absolute Gasteiger partial charge is 0.224 e. The fourth-order valence-electron chi connectivity index (χ4n) is 2.33. The molecule has 1 N–H and O–H groups in total. The number of nitrogens with one attached hydrogen (secondary N) is 1. The van der Waals surface area contributed by atoms with Crippen LogP contribution in [0.3, 0.4) is 0 Å². The first-order valence-electron chi connectivity index (χ1n) is 6.55. The molecule has 19 heavy (non-hydrogen) atoms. The third-order valence-corrected chi connectivity index (χ3v) is 3.56. The molecule has 0 unspecified atom stereocenters. The highest BCUT2D eigenvalue weighted by molar-refractivity contribution is 6.28. The van der Waals surface area contributed by atoms with Gasteiger partial charge in [0.05, 0.1) is 0 Å². The summed E-state index contributed by atoms with van der Waals surface area (Å²) in [6.07, 6.45) is 2.11. The van der Waals surface area contributed by atoms with E-state index in [4.69, 9.17) is 11.6 Å². The van der Waals surface area contributed by atoms with Crippen molar-refractivity contribution < 1.29 is 4.79 Å². The average molecular weight is 283 g/mol. The van der Waals surface area contributed by atoms with Gasteiger partial charge in [0.2, 0.25) is 11.2 Å². The Balaban J connectivity index is 1.90. The molecule has 2 rings (SSSR count). The van der Waals surface area contributed by atoms with Gasteiger partial charge in [0.25, 0.3) is 0 Å². The Kier molecular flexibility index (Phi) is 4.58. The van der Waals surface area contributed by atoms with E-state index in [1.807, 2.05) is 13.0 Å². The minimum atomic E-state index is 0.0423. The van der Waals surface area contributed by atoms with E-state index >= 15 is 0 Å². The normalized spacial score (nSPS) is 16.5. The van der Waals surface area contributed by atoms with Gasteiger partial charge in [-0.05, 0) is 37.3 Å². The molecule has 6 heteroatoms. The van der Waals surface area contributed by atoms with Crippen molar-refractivity contribution in [1.82, 2.24) is 15.3 Å². The van der Waals surface area contributed by atoms with Crippen LogP contribution in [0.2, 0.25) is 5.28 Å². The van der Waals surface area contributed by atoms with Crippen molar-refractivity contribution in [2.75, 3.05) is 24.5 Å². The van der Waals surface area contributed by atoms with Crippen LogP contribution in [0.1, 0.15) is 25.5 Å². The standard InChI is InChI=1S/C13H19ClN4O/c1-9-7-12(17-13(14)16-9)18-5-3-11(4-6-18)8-15-10(2)19/h7,11H,3-6,8H2,1-2H3,(H,15,19). The van der Waals surface area contributed by atoms with Crippen molar-refractivity contribution in [3.63, 3.8) is 0 Å². The first-order chi connectivity index (χ1) is 9.04. The van der Waals surface area contributed by atoms with Crippen LogP contribution in [-0.4, -0.2) is 35.5 Å². The Morgan fingerprint density at radius 1 is 1.47 bits per heavy atom. The summed E-state index contributed by atoms with van der Waals surface area (Å²) in [6.45, 7) is 6.13. The van der Waals surface area contributed by atoms with Gasteiger partial charge in [-0.1, -0.05) is 0 Å². The van der Waals surface area contributed by atoms with Gasteiger partial charge in [0.1, 0.15) is 5.82 Å². The van der Waals surface area contributed by atoms with E-state index in [1.54, 1.807) is 6.92 Å². The second-order valence-electron chi connectivity index (χ2n) is 5.00. The molecule has 104 valence electrons. The summed E-state index contributed by atoms with van der Waals surface area (Å²) in [6, 6.07) is 1.96. The minimum absolute atomic E-state index is 0.0423. The van der Waals surface area contributed by atoms with Crippen molar-refractivity contribution in [2.45, 2.75) is 26.7 Å². The van der Waals surface area contributed by atoms with Crippen molar-refractivity contribution in [3.8, 4) is 0 Å². The molecule has 0 aliphatic carbocycles. The quantitative estimate of drug-likeness (QED) is 0.859. The Bertz CT molecular complexity index is 438. The summed E-state index contributed by atoms with van der Waals surface area (Å²) in [5, 5.41) is 3.19. The number of piperidine rings is 1. The van der Waals surface area contributed by atoms with Gasteiger partial charge in [-0.3, -0.25) is 4.79 Å². The second kappa shape index (κ2) is 6.19. The first kappa shape index (κ1) is 14.1. The zero-order valence-corrected chi connectivity index (χ0v) is 12.1. The molecular weight excluding hydrogens is 264 g/mol. The van der Waals surface area contributed by atoms with Crippen LogP contribution in [0.25, 0.3) is 0 Å². The Hall–Kier alpha value is -1.36. The number of nitrogens with zero attached hydrogens (tertiary/aromatic N) is 3. The number of hydrogen-bond acceptors (Lipinski definition) is 4. The number of hydrogen-bond donors (Lipinski definition) is 1. The number of halogens is 1. The summed E-state index contributed by atoms with van der Waals surface area (Å²) in [4.78, 5) is 21.5. The number of amides is 1. The van der Waals surface area contributed by atoms with Gasteiger partial charge in [0.15, 0.2) is 0 Å². The summed E-state index contributed by atoms with van der Waals surface area (Å²) >= 11 is 5.89. The monoisotopic (exact) mass is 282 g/mol. The maximum absolute atomic E-state index is 10.9. The molecule has 0 radical (unpaired) electrons. The van der Waals surface area contributed by atoms with Crippen LogP contribution in [0.15, 0.2) is 6.07 Å². The van der Waals surface area contributed by atoms with Gasteiger partial charge >= 0.3 is 0 Å². The van der Waals surface area contributed by atoms with Crippen molar-refractivity contribution in [2.24, 2.45) is 5.92 Å². The van der Waals surface area contributed by atoms with Crippen molar-refractivity contribution in [3.05, 3.63) is 17.0 Å². The third-order valence-electron chi connectivity index (χ3n) is 3.39. The Morgan fingerprint density at radius 2 is 2.16 bits per heavy atom. The number of aryl methyl sites for hydroxylation is 1. The number of carbonyl (C=O) groups is 1. The molecule has 0 atom stereocenters. The van der Waals surface area contributed by atoms with Crippen LogP contribution in [0.5, 0.6) is 0 Å². The Morgan fingerprint density at radius 3 is 2.74 bits per heavy atom. The van der Waals surface area contributed by atoms with E-state index in [0.29, 0.717) is 11.2 Å². The number of aromatic nitrogens is 2. The van der Waals surface area contributed by atoms with E-state index < -0.39 is 0 Å². The predicted octanol–water partition coefficient (Wildman–Crippen LogP) is 1.79. The summed E-state index contributed by atoms with van der Waals surface area (Å²) in [5.74, 6) is 1.50. The molecule has 1 saturated heterocycles.